The zero-order chi connectivity index (χ0) is 21.7. The molecule has 0 saturated heterocycles. The molecule has 2 amide bonds. The molecule has 2 aromatic carbocycles. The molecule has 3 N–H and O–H groups in total. The Morgan fingerprint density at radius 2 is 1.77 bits per heavy atom. The van der Waals surface area contributed by atoms with Crippen molar-refractivity contribution in [2.75, 3.05) is 16.3 Å². The zero-order valence-electron chi connectivity index (χ0n) is 16.4. The number of amides is 2. The van der Waals surface area contributed by atoms with Crippen LogP contribution in [0.1, 0.15) is 32.0 Å². The number of furan rings is 1. The molecule has 0 aliphatic rings. The van der Waals surface area contributed by atoms with Gasteiger partial charge in [0.05, 0.1) is 23.8 Å². The summed E-state index contributed by atoms with van der Waals surface area (Å²) in [6.07, 6.45) is 2.46. The molecule has 3 aromatic rings. The van der Waals surface area contributed by atoms with Crippen LogP contribution in [0.2, 0.25) is 0 Å². The second kappa shape index (κ2) is 8.83. The lowest BCUT2D eigenvalue weighted by molar-refractivity contribution is 0.0951. The van der Waals surface area contributed by atoms with Gasteiger partial charge in [0.15, 0.2) is 5.76 Å². The molecule has 0 radical (unpaired) electrons. The van der Waals surface area contributed by atoms with Gasteiger partial charge in [0, 0.05) is 12.2 Å². The van der Waals surface area contributed by atoms with Gasteiger partial charge in [-0.25, -0.2) is 8.42 Å². The molecule has 0 spiro atoms. The Balaban J connectivity index is 1.74. The van der Waals surface area contributed by atoms with Gasteiger partial charge in [0.25, 0.3) is 11.8 Å². The van der Waals surface area contributed by atoms with Crippen molar-refractivity contribution < 1.29 is 22.4 Å². The summed E-state index contributed by atoms with van der Waals surface area (Å²) in [5.74, 6) is -0.697. The maximum absolute atomic E-state index is 12.8. The van der Waals surface area contributed by atoms with Crippen molar-refractivity contribution in [2.24, 2.45) is 0 Å². The van der Waals surface area contributed by atoms with Crippen molar-refractivity contribution in [3.05, 3.63) is 83.3 Å². The molecule has 0 fully saturated rings. The Kier molecular flexibility index (Phi) is 6.22. The molecule has 0 aliphatic heterocycles. The Hall–Kier alpha value is -3.59. The van der Waals surface area contributed by atoms with Crippen LogP contribution in [0, 0.1) is 6.92 Å². The summed E-state index contributed by atoms with van der Waals surface area (Å²) in [6, 6.07) is 15.0. The molecule has 9 heteroatoms. The van der Waals surface area contributed by atoms with Crippen molar-refractivity contribution in [3.8, 4) is 0 Å². The van der Waals surface area contributed by atoms with Crippen molar-refractivity contribution in [1.29, 1.82) is 0 Å². The summed E-state index contributed by atoms with van der Waals surface area (Å²) in [6.45, 7) is 1.96. The molecule has 3 rings (SSSR count). The van der Waals surface area contributed by atoms with E-state index < -0.39 is 15.9 Å². The lowest BCUT2D eigenvalue weighted by atomic mass is 10.1. The number of hydrogen-bond donors (Lipinski definition) is 3. The van der Waals surface area contributed by atoms with Gasteiger partial charge in [-0.05, 0) is 48.4 Å². The van der Waals surface area contributed by atoms with Crippen LogP contribution in [0.4, 0.5) is 11.4 Å². The zero-order valence-corrected chi connectivity index (χ0v) is 17.2. The van der Waals surface area contributed by atoms with E-state index >= 15 is 0 Å². The van der Waals surface area contributed by atoms with E-state index in [4.69, 9.17) is 4.42 Å². The van der Waals surface area contributed by atoms with Crippen molar-refractivity contribution in [3.63, 3.8) is 0 Å². The van der Waals surface area contributed by atoms with Gasteiger partial charge in [-0.3, -0.25) is 14.3 Å². The molecule has 0 saturated carbocycles. The van der Waals surface area contributed by atoms with E-state index in [1.54, 1.807) is 55.5 Å². The van der Waals surface area contributed by atoms with E-state index in [9.17, 15) is 18.0 Å². The molecule has 0 atom stereocenters. The summed E-state index contributed by atoms with van der Waals surface area (Å²) >= 11 is 0. The highest BCUT2D eigenvalue weighted by molar-refractivity contribution is 7.92. The monoisotopic (exact) mass is 427 g/mol. The van der Waals surface area contributed by atoms with Crippen molar-refractivity contribution in [1.82, 2.24) is 5.32 Å². The first-order chi connectivity index (χ1) is 14.2. The van der Waals surface area contributed by atoms with E-state index in [-0.39, 0.29) is 18.2 Å². The van der Waals surface area contributed by atoms with Crippen LogP contribution in [0.15, 0.2) is 65.3 Å². The van der Waals surface area contributed by atoms with Gasteiger partial charge in [-0.1, -0.05) is 24.3 Å². The fourth-order valence-electron chi connectivity index (χ4n) is 2.84. The van der Waals surface area contributed by atoms with Gasteiger partial charge < -0.3 is 15.1 Å². The second-order valence-electron chi connectivity index (χ2n) is 6.69. The summed E-state index contributed by atoms with van der Waals surface area (Å²) in [5.41, 5.74) is 2.54. The highest BCUT2D eigenvalue weighted by Crippen LogP contribution is 2.22. The van der Waals surface area contributed by atoms with E-state index in [2.05, 4.69) is 15.4 Å². The molecule has 0 bridgehead atoms. The minimum Gasteiger partial charge on any atom is -0.459 e. The van der Waals surface area contributed by atoms with Crippen LogP contribution in [-0.4, -0.2) is 26.5 Å². The summed E-state index contributed by atoms with van der Waals surface area (Å²) in [4.78, 5) is 25.1. The fraction of sp³-hybridized carbons (Fsp3) is 0.143. The van der Waals surface area contributed by atoms with E-state index in [0.717, 1.165) is 11.8 Å². The van der Waals surface area contributed by atoms with Gasteiger partial charge >= 0.3 is 0 Å². The predicted molar refractivity (Wildman–Crippen MR) is 114 cm³/mol. The third kappa shape index (κ3) is 5.48. The average Bonchev–Trinajstić information content (AvgIpc) is 3.21. The molecular formula is C21H21N3O5S. The van der Waals surface area contributed by atoms with Crippen LogP contribution < -0.4 is 15.4 Å². The van der Waals surface area contributed by atoms with Gasteiger partial charge in [-0.15, -0.1) is 0 Å². The van der Waals surface area contributed by atoms with Crippen molar-refractivity contribution >= 4 is 33.2 Å². The maximum atomic E-state index is 12.8. The van der Waals surface area contributed by atoms with Gasteiger partial charge in [-0.2, -0.15) is 0 Å². The highest BCUT2D eigenvalue weighted by atomic mass is 32.2. The molecular weight excluding hydrogens is 406 g/mol. The summed E-state index contributed by atoms with van der Waals surface area (Å²) in [7, 11) is -3.39. The molecule has 30 heavy (non-hydrogen) atoms. The second-order valence-corrected chi connectivity index (χ2v) is 8.43. The van der Waals surface area contributed by atoms with Gasteiger partial charge in [0.2, 0.25) is 10.0 Å². The van der Waals surface area contributed by atoms with Crippen LogP contribution in [-0.2, 0) is 16.6 Å². The minimum absolute atomic E-state index is 0.139. The molecule has 0 aliphatic carbocycles. The van der Waals surface area contributed by atoms with Crippen molar-refractivity contribution in [2.45, 2.75) is 13.5 Å². The van der Waals surface area contributed by atoms with E-state index in [1.165, 1.54) is 12.3 Å². The predicted octanol–water partition coefficient (Wildman–Crippen LogP) is 3.14. The van der Waals surface area contributed by atoms with Crippen LogP contribution in [0.5, 0.6) is 0 Å². The molecule has 0 unspecified atom stereocenters. The van der Waals surface area contributed by atoms with E-state index in [1.807, 2.05) is 0 Å². The highest BCUT2D eigenvalue weighted by Gasteiger charge is 2.17. The molecule has 156 valence electrons. The Labute approximate surface area is 174 Å². The number of rotatable bonds is 7. The number of benzene rings is 2. The summed E-state index contributed by atoms with van der Waals surface area (Å²) in [5, 5.41) is 5.51. The molecule has 1 aromatic heterocycles. The Bertz CT molecular complexity index is 1170. The van der Waals surface area contributed by atoms with E-state index in [0.29, 0.717) is 22.5 Å². The molecule has 8 nitrogen and oxygen atoms in total. The number of aryl methyl sites for hydroxylation is 1. The lowest BCUT2D eigenvalue weighted by Crippen LogP contribution is -2.25. The Morgan fingerprint density at radius 3 is 2.47 bits per heavy atom. The van der Waals surface area contributed by atoms with Crippen LogP contribution in [0.25, 0.3) is 0 Å². The lowest BCUT2D eigenvalue weighted by Gasteiger charge is -2.14. The quantitative estimate of drug-likeness (QED) is 0.535. The van der Waals surface area contributed by atoms with Crippen LogP contribution in [0.3, 0.4) is 0 Å². The maximum Gasteiger partial charge on any atom is 0.291 e. The Morgan fingerprint density at radius 1 is 1.00 bits per heavy atom. The normalized spacial score (nSPS) is 11.0. The fourth-order valence-corrected chi connectivity index (χ4v) is 3.40. The number of nitrogens with one attached hydrogen (secondary N) is 3. The number of carbonyl (C=O) groups is 2. The third-order valence-electron chi connectivity index (χ3n) is 4.18. The minimum atomic E-state index is -3.39. The number of carbonyl (C=O) groups excluding carboxylic acids is 2. The number of hydrogen-bond acceptors (Lipinski definition) is 5. The first-order valence-electron chi connectivity index (χ1n) is 9.02. The first kappa shape index (κ1) is 21.1. The first-order valence-corrected chi connectivity index (χ1v) is 10.9. The van der Waals surface area contributed by atoms with Crippen LogP contribution >= 0.6 is 0 Å². The third-order valence-corrected chi connectivity index (χ3v) is 4.79. The number of para-hydroxylation sites is 1. The summed E-state index contributed by atoms with van der Waals surface area (Å²) < 4.78 is 30.3. The molecule has 1 heterocycles. The smallest absolute Gasteiger partial charge is 0.291 e. The largest absolute Gasteiger partial charge is 0.459 e. The topological polar surface area (TPSA) is 118 Å². The number of sulfonamides is 1. The number of anilines is 2. The standard InChI is InChI=1S/C21H21N3O5S/c1-14-6-3-9-17(19(14)23-21(26)18-10-5-11-29-18)20(25)22-13-15-7-4-8-16(12-15)24-30(2,27)28/h3-12,24H,13H2,1-2H3,(H,22,25)(H,23,26). The van der Waals surface area contributed by atoms with Gasteiger partial charge in [0.1, 0.15) is 0 Å². The SMILES string of the molecule is Cc1cccc(C(=O)NCc2cccc(NS(C)(=O)=O)c2)c1NC(=O)c1ccco1. The average molecular weight is 427 g/mol.